The molecule has 0 aliphatic rings. The SMILES string of the molecule is Fc1cc(F)c(C(Br)c2cc3ccc(F)cc3s2)c(F)c1. The molecule has 0 N–H and O–H groups in total. The third-order valence-corrected chi connectivity index (χ3v) is 5.47. The average molecular weight is 375 g/mol. The van der Waals surface area contributed by atoms with Crippen molar-refractivity contribution in [3.8, 4) is 0 Å². The summed E-state index contributed by atoms with van der Waals surface area (Å²) in [6.45, 7) is 0. The fourth-order valence-electron chi connectivity index (χ4n) is 2.09. The van der Waals surface area contributed by atoms with Crippen LogP contribution in [0.25, 0.3) is 10.1 Å². The van der Waals surface area contributed by atoms with Gasteiger partial charge in [0.25, 0.3) is 0 Å². The molecule has 0 bridgehead atoms. The van der Waals surface area contributed by atoms with E-state index in [0.717, 1.165) is 5.39 Å². The first-order valence-corrected chi connectivity index (χ1v) is 7.66. The lowest BCUT2D eigenvalue weighted by Gasteiger charge is -2.10. The first-order chi connectivity index (χ1) is 9.95. The number of fused-ring (bicyclic) bond motifs is 1. The summed E-state index contributed by atoms with van der Waals surface area (Å²) in [5.41, 5.74) is -0.261. The summed E-state index contributed by atoms with van der Waals surface area (Å²) < 4.78 is 54.4. The highest BCUT2D eigenvalue weighted by atomic mass is 79.9. The molecule has 1 unspecified atom stereocenters. The van der Waals surface area contributed by atoms with Gasteiger partial charge in [0, 0.05) is 27.3 Å². The summed E-state index contributed by atoms with van der Waals surface area (Å²) in [4.78, 5) is -0.154. The Hall–Kier alpha value is -1.40. The molecule has 21 heavy (non-hydrogen) atoms. The van der Waals surface area contributed by atoms with Crippen molar-refractivity contribution in [3.05, 3.63) is 70.1 Å². The molecular weight excluding hydrogens is 368 g/mol. The van der Waals surface area contributed by atoms with E-state index in [0.29, 0.717) is 21.7 Å². The molecule has 0 nitrogen and oxygen atoms in total. The van der Waals surface area contributed by atoms with Gasteiger partial charge in [-0.2, -0.15) is 0 Å². The molecule has 0 fully saturated rings. The van der Waals surface area contributed by atoms with Gasteiger partial charge in [-0.15, -0.1) is 11.3 Å². The number of alkyl halides is 1. The lowest BCUT2D eigenvalue weighted by Crippen LogP contribution is -2.00. The molecule has 0 radical (unpaired) electrons. The van der Waals surface area contributed by atoms with E-state index in [-0.39, 0.29) is 11.4 Å². The van der Waals surface area contributed by atoms with Crippen molar-refractivity contribution in [1.82, 2.24) is 0 Å². The first-order valence-electron chi connectivity index (χ1n) is 5.93. The van der Waals surface area contributed by atoms with Gasteiger partial charge in [0.15, 0.2) is 0 Å². The predicted molar refractivity (Wildman–Crippen MR) is 78.9 cm³/mol. The van der Waals surface area contributed by atoms with Crippen LogP contribution in [0.5, 0.6) is 0 Å². The van der Waals surface area contributed by atoms with Crippen molar-refractivity contribution in [2.24, 2.45) is 0 Å². The molecule has 2 aromatic carbocycles. The molecule has 0 saturated carbocycles. The maximum absolute atomic E-state index is 13.8. The normalized spacial score (nSPS) is 12.8. The van der Waals surface area contributed by atoms with Crippen LogP contribution in [0.2, 0.25) is 0 Å². The van der Waals surface area contributed by atoms with Crippen molar-refractivity contribution in [1.29, 1.82) is 0 Å². The van der Waals surface area contributed by atoms with E-state index in [1.165, 1.54) is 23.5 Å². The molecule has 0 aliphatic heterocycles. The number of hydrogen-bond acceptors (Lipinski definition) is 1. The predicted octanol–water partition coefficient (Wildman–Crippen LogP) is 5.94. The number of halogens is 5. The van der Waals surface area contributed by atoms with Crippen LogP contribution in [-0.2, 0) is 0 Å². The molecule has 1 aromatic heterocycles. The minimum Gasteiger partial charge on any atom is -0.207 e. The smallest absolute Gasteiger partial charge is 0.133 e. The lowest BCUT2D eigenvalue weighted by molar-refractivity contribution is 0.528. The van der Waals surface area contributed by atoms with Crippen LogP contribution < -0.4 is 0 Å². The second-order valence-corrected chi connectivity index (χ2v) is 6.51. The lowest BCUT2D eigenvalue weighted by atomic mass is 10.1. The van der Waals surface area contributed by atoms with Crippen LogP contribution in [0.15, 0.2) is 36.4 Å². The third kappa shape index (κ3) is 2.70. The van der Waals surface area contributed by atoms with E-state index in [2.05, 4.69) is 15.9 Å². The van der Waals surface area contributed by atoms with Crippen molar-refractivity contribution in [2.45, 2.75) is 4.83 Å². The minimum absolute atomic E-state index is 0.261. The highest BCUT2D eigenvalue weighted by Gasteiger charge is 2.22. The summed E-state index contributed by atoms with van der Waals surface area (Å²) in [6, 6.07) is 7.28. The molecule has 1 heterocycles. The van der Waals surface area contributed by atoms with Crippen molar-refractivity contribution in [2.75, 3.05) is 0 Å². The molecule has 6 heteroatoms. The van der Waals surface area contributed by atoms with Gasteiger partial charge in [-0.3, -0.25) is 0 Å². The van der Waals surface area contributed by atoms with E-state index >= 15 is 0 Å². The highest BCUT2D eigenvalue weighted by molar-refractivity contribution is 9.09. The van der Waals surface area contributed by atoms with Gasteiger partial charge in [0.1, 0.15) is 23.3 Å². The Morgan fingerprint density at radius 3 is 2.19 bits per heavy atom. The molecule has 1 atom stereocenters. The number of thiophene rings is 1. The Labute approximate surface area is 130 Å². The number of hydrogen-bond donors (Lipinski definition) is 0. The monoisotopic (exact) mass is 374 g/mol. The summed E-state index contributed by atoms with van der Waals surface area (Å²) in [5, 5.41) is 0.781. The fourth-order valence-corrected chi connectivity index (χ4v) is 4.02. The number of rotatable bonds is 2. The third-order valence-electron chi connectivity index (χ3n) is 3.05. The van der Waals surface area contributed by atoms with Crippen molar-refractivity contribution in [3.63, 3.8) is 0 Å². The Balaban J connectivity index is 2.10. The Bertz CT molecular complexity index is 805. The van der Waals surface area contributed by atoms with E-state index in [1.807, 2.05) is 0 Å². The van der Waals surface area contributed by atoms with Gasteiger partial charge in [-0.1, -0.05) is 22.0 Å². The van der Waals surface area contributed by atoms with Crippen LogP contribution in [0.1, 0.15) is 15.3 Å². The Morgan fingerprint density at radius 2 is 1.52 bits per heavy atom. The maximum Gasteiger partial charge on any atom is 0.133 e. The molecule has 3 aromatic rings. The van der Waals surface area contributed by atoms with E-state index in [9.17, 15) is 17.6 Å². The van der Waals surface area contributed by atoms with Crippen molar-refractivity contribution >= 4 is 37.4 Å². The van der Waals surface area contributed by atoms with Gasteiger partial charge in [0.05, 0.1) is 4.83 Å². The van der Waals surface area contributed by atoms with Gasteiger partial charge >= 0.3 is 0 Å². The molecule has 0 saturated heterocycles. The highest BCUT2D eigenvalue weighted by Crippen LogP contribution is 2.40. The quantitative estimate of drug-likeness (QED) is 0.384. The molecule has 0 spiro atoms. The minimum atomic E-state index is -0.966. The summed E-state index contributed by atoms with van der Waals surface area (Å²) in [6.07, 6.45) is 0. The van der Waals surface area contributed by atoms with Crippen LogP contribution in [0, 0.1) is 23.3 Å². The first kappa shape index (κ1) is 14.5. The van der Waals surface area contributed by atoms with Crippen LogP contribution in [0.4, 0.5) is 17.6 Å². The maximum atomic E-state index is 13.8. The van der Waals surface area contributed by atoms with Crippen LogP contribution in [0.3, 0.4) is 0 Å². The zero-order chi connectivity index (χ0) is 15.1. The summed E-state index contributed by atoms with van der Waals surface area (Å²) in [5.74, 6) is -3.26. The van der Waals surface area contributed by atoms with E-state index < -0.39 is 22.3 Å². The standard InChI is InChI=1S/C15H7BrF4S/c16-15(14-10(19)4-9(18)5-11(14)20)13-3-7-1-2-8(17)6-12(7)21-13/h1-6,15H. The zero-order valence-electron chi connectivity index (χ0n) is 10.3. The van der Waals surface area contributed by atoms with E-state index in [1.54, 1.807) is 12.1 Å². The molecular formula is C15H7BrF4S. The van der Waals surface area contributed by atoms with E-state index in [4.69, 9.17) is 0 Å². The fraction of sp³-hybridized carbons (Fsp3) is 0.0667. The summed E-state index contributed by atoms with van der Waals surface area (Å²) in [7, 11) is 0. The van der Waals surface area contributed by atoms with Gasteiger partial charge in [-0.05, 0) is 23.6 Å². The van der Waals surface area contributed by atoms with Gasteiger partial charge in [-0.25, -0.2) is 17.6 Å². The topological polar surface area (TPSA) is 0 Å². The zero-order valence-corrected chi connectivity index (χ0v) is 12.7. The Kier molecular flexibility index (Phi) is 3.75. The van der Waals surface area contributed by atoms with Crippen molar-refractivity contribution < 1.29 is 17.6 Å². The molecule has 0 amide bonds. The molecule has 3 rings (SSSR count). The second-order valence-electron chi connectivity index (χ2n) is 4.48. The van der Waals surface area contributed by atoms with Gasteiger partial charge < -0.3 is 0 Å². The molecule has 108 valence electrons. The van der Waals surface area contributed by atoms with Crippen LogP contribution >= 0.6 is 27.3 Å². The largest absolute Gasteiger partial charge is 0.207 e. The second kappa shape index (κ2) is 5.42. The van der Waals surface area contributed by atoms with Gasteiger partial charge in [0.2, 0.25) is 0 Å². The van der Waals surface area contributed by atoms with Crippen LogP contribution in [-0.4, -0.2) is 0 Å². The Morgan fingerprint density at radius 1 is 0.857 bits per heavy atom. The average Bonchev–Trinajstić information content (AvgIpc) is 2.80. The summed E-state index contributed by atoms with van der Waals surface area (Å²) >= 11 is 4.45. The molecule has 0 aliphatic carbocycles. The number of benzene rings is 2.